The van der Waals surface area contributed by atoms with Crippen molar-refractivity contribution in [1.29, 1.82) is 0 Å². The van der Waals surface area contributed by atoms with Crippen LogP contribution in [0.1, 0.15) is 50.2 Å². The fourth-order valence-electron chi connectivity index (χ4n) is 2.59. The summed E-state index contributed by atoms with van der Waals surface area (Å²) in [4.78, 5) is 15.6. The summed E-state index contributed by atoms with van der Waals surface area (Å²) in [6.45, 7) is 11.7. The van der Waals surface area contributed by atoms with Gasteiger partial charge in [0, 0.05) is 5.39 Å². The molecule has 0 radical (unpaired) electrons. The Balaban J connectivity index is 2.22. The summed E-state index contributed by atoms with van der Waals surface area (Å²) in [5, 5.41) is 1.80. The van der Waals surface area contributed by atoms with Crippen LogP contribution in [-0.2, 0) is 15.6 Å². The molecule has 1 heterocycles. The van der Waals surface area contributed by atoms with Crippen molar-refractivity contribution >= 4 is 53.4 Å². The van der Waals surface area contributed by atoms with Gasteiger partial charge in [-0.2, -0.15) is 0 Å². The number of carbonyl (C=O) groups is 1. The molecule has 1 aromatic heterocycles. The Morgan fingerprint density at radius 3 is 2.65 bits per heavy atom. The van der Waals surface area contributed by atoms with Crippen molar-refractivity contribution in [3.05, 3.63) is 32.9 Å². The number of aromatic amines is 1. The Hall–Kier alpha value is -0.823. The average Bonchev–Trinajstić information content (AvgIpc) is 2.93. The second kappa shape index (κ2) is 8.91. The number of aromatic nitrogens is 1. The zero-order valence-corrected chi connectivity index (χ0v) is 19.3. The molecule has 0 atom stereocenters. The maximum absolute atomic E-state index is 12.4. The number of H-pyrrole nitrogens is 1. The quantitative estimate of drug-likeness (QED) is 0.308. The molecular formula is C19H26BrClNO3Si+. The topological polar surface area (TPSA) is 51.3 Å². The van der Waals surface area contributed by atoms with Crippen LogP contribution in [0, 0.1) is 0 Å². The monoisotopic (exact) mass is 458 g/mol. The zero-order chi connectivity index (χ0) is 19.5. The minimum Gasteiger partial charge on any atom is -0.461 e. The number of fused-ring (bicyclic) bond motifs is 1. The normalized spacial score (nSPS) is 11.8. The molecule has 0 bridgehead atoms. The Kier molecular flexibility index (Phi) is 7.36. The Morgan fingerprint density at radius 2 is 2.04 bits per heavy atom. The molecule has 7 heteroatoms. The molecule has 1 N–H and O–H groups in total. The van der Waals surface area contributed by atoms with Crippen LogP contribution in [0.15, 0.2) is 16.6 Å². The molecule has 2 aromatic rings. The molecule has 26 heavy (non-hydrogen) atoms. The van der Waals surface area contributed by atoms with E-state index in [0.29, 0.717) is 23.9 Å². The van der Waals surface area contributed by atoms with E-state index in [2.05, 4.69) is 48.2 Å². The van der Waals surface area contributed by atoms with Crippen LogP contribution >= 0.6 is 27.5 Å². The Morgan fingerprint density at radius 1 is 1.35 bits per heavy atom. The van der Waals surface area contributed by atoms with Gasteiger partial charge in [0.15, 0.2) is 0 Å². The summed E-state index contributed by atoms with van der Waals surface area (Å²) >= 11 is 9.70. The van der Waals surface area contributed by atoms with Gasteiger partial charge in [-0.05, 0) is 68.1 Å². The van der Waals surface area contributed by atoms with Gasteiger partial charge in [0.1, 0.15) is 10.7 Å². The summed E-state index contributed by atoms with van der Waals surface area (Å²) in [6, 6.07) is 3.78. The standard InChI is InChI=1S/C19H25BrClNO3Si/c1-6-24-18(23)17-12(8-7-11-25-26(5)19(2,3)4)13-9-10-14(21)15(20)16(13)22-17/h9-10H,6-8,11H2,1-5H3/p+1. The average molecular weight is 460 g/mol. The highest BCUT2D eigenvalue weighted by Gasteiger charge is 2.38. The van der Waals surface area contributed by atoms with Crippen molar-refractivity contribution in [3.63, 3.8) is 0 Å². The Labute approximate surface area is 170 Å². The van der Waals surface area contributed by atoms with E-state index in [4.69, 9.17) is 20.8 Å². The molecular weight excluding hydrogens is 434 g/mol. The number of aryl methyl sites for hydroxylation is 1. The molecule has 0 aliphatic rings. The lowest BCUT2D eigenvalue weighted by Crippen LogP contribution is -2.26. The molecule has 0 spiro atoms. The van der Waals surface area contributed by atoms with E-state index in [1.807, 2.05) is 12.1 Å². The number of hydrogen-bond donors (Lipinski definition) is 1. The van der Waals surface area contributed by atoms with E-state index < -0.39 is 9.04 Å². The summed E-state index contributed by atoms with van der Waals surface area (Å²) in [5.74, 6) is -0.336. The predicted octanol–water partition coefficient (Wildman–Crippen LogP) is 6.13. The molecule has 0 aliphatic heterocycles. The maximum atomic E-state index is 12.4. The summed E-state index contributed by atoms with van der Waals surface area (Å²) in [5.41, 5.74) is 2.29. The molecule has 0 saturated carbocycles. The predicted molar refractivity (Wildman–Crippen MR) is 113 cm³/mol. The van der Waals surface area contributed by atoms with Crippen LogP contribution in [0.5, 0.6) is 0 Å². The van der Waals surface area contributed by atoms with Crippen LogP contribution in [0.3, 0.4) is 0 Å². The van der Waals surface area contributed by atoms with Crippen LogP contribution in [0.4, 0.5) is 0 Å². The lowest BCUT2D eigenvalue weighted by atomic mass is 10.1. The number of esters is 1. The van der Waals surface area contributed by atoms with Crippen molar-refractivity contribution in [3.8, 4) is 0 Å². The smallest absolute Gasteiger partial charge is 0.461 e. The first kappa shape index (κ1) is 21.5. The summed E-state index contributed by atoms with van der Waals surface area (Å²) < 4.78 is 12.0. The lowest BCUT2D eigenvalue weighted by Gasteiger charge is -2.11. The van der Waals surface area contributed by atoms with E-state index in [1.54, 1.807) is 6.92 Å². The third-order valence-corrected chi connectivity index (χ3v) is 8.51. The molecule has 0 aliphatic carbocycles. The van der Waals surface area contributed by atoms with Gasteiger partial charge in [0.25, 0.3) is 0 Å². The highest BCUT2D eigenvalue weighted by Crippen LogP contribution is 2.35. The number of benzene rings is 1. The van der Waals surface area contributed by atoms with E-state index in [9.17, 15) is 4.79 Å². The summed E-state index contributed by atoms with van der Waals surface area (Å²) in [6.07, 6.45) is 1.58. The zero-order valence-electron chi connectivity index (χ0n) is 16.0. The second-order valence-corrected chi connectivity index (χ2v) is 11.3. The molecule has 2 rings (SSSR count). The fraction of sp³-hybridized carbons (Fsp3) is 0.526. The van der Waals surface area contributed by atoms with Crippen LogP contribution in [0.25, 0.3) is 10.9 Å². The number of rotatable bonds is 7. The van der Waals surface area contributed by atoms with Gasteiger partial charge < -0.3 is 9.72 Å². The first-order chi connectivity index (χ1) is 12.2. The van der Waals surface area contributed by atoms with Crippen LogP contribution < -0.4 is 0 Å². The van der Waals surface area contributed by atoms with E-state index in [0.717, 1.165) is 33.8 Å². The van der Waals surface area contributed by atoms with Crippen molar-refractivity contribution in [2.24, 2.45) is 0 Å². The molecule has 0 fully saturated rings. The number of nitrogens with one attached hydrogen (secondary N) is 1. The molecule has 142 valence electrons. The number of halogens is 2. The molecule has 0 unspecified atom stereocenters. The number of carbonyl (C=O) groups excluding carboxylic acids is 1. The van der Waals surface area contributed by atoms with Gasteiger partial charge >= 0.3 is 15.0 Å². The van der Waals surface area contributed by atoms with Gasteiger partial charge in [-0.15, -0.1) is 0 Å². The fourth-order valence-corrected chi connectivity index (χ4v) is 4.07. The highest BCUT2D eigenvalue weighted by atomic mass is 79.9. The van der Waals surface area contributed by atoms with Crippen LogP contribution in [0.2, 0.25) is 16.6 Å². The van der Waals surface area contributed by atoms with Crippen molar-refractivity contribution < 1.29 is 14.0 Å². The number of hydrogen-bond acceptors (Lipinski definition) is 3. The largest absolute Gasteiger partial charge is 0.475 e. The third kappa shape index (κ3) is 4.91. The second-order valence-electron chi connectivity index (χ2n) is 7.24. The highest BCUT2D eigenvalue weighted by molar-refractivity contribution is 9.10. The van der Waals surface area contributed by atoms with E-state index in [1.165, 1.54) is 0 Å². The van der Waals surface area contributed by atoms with Gasteiger partial charge in [0.2, 0.25) is 0 Å². The summed E-state index contributed by atoms with van der Waals surface area (Å²) in [7, 11) is -0.859. The molecule has 0 saturated heterocycles. The van der Waals surface area contributed by atoms with Gasteiger partial charge in [0.05, 0.1) is 34.8 Å². The molecule has 1 aromatic carbocycles. The van der Waals surface area contributed by atoms with Gasteiger partial charge in [-0.3, -0.25) is 0 Å². The first-order valence-electron chi connectivity index (χ1n) is 8.79. The SMILES string of the molecule is CCOC(=O)c1[nH]c2c(Br)c(Cl)ccc2c1CCCO[Si+](C)C(C)(C)C. The first-order valence-corrected chi connectivity index (χ1v) is 11.9. The van der Waals surface area contributed by atoms with E-state index in [-0.39, 0.29) is 11.0 Å². The third-order valence-electron chi connectivity index (χ3n) is 4.40. The minimum atomic E-state index is -0.859. The van der Waals surface area contributed by atoms with E-state index >= 15 is 0 Å². The number of ether oxygens (including phenoxy) is 1. The molecule has 0 amide bonds. The maximum Gasteiger partial charge on any atom is 0.475 e. The van der Waals surface area contributed by atoms with Crippen molar-refractivity contribution in [2.75, 3.05) is 13.2 Å². The Bertz CT molecular complexity index is 785. The van der Waals surface area contributed by atoms with Crippen molar-refractivity contribution in [1.82, 2.24) is 4.98 Å². The minimum absolute atomic E-state index is 0.211. The molecule has 4 nitrogen and oxygen atoms in total. The van der Waals surface area contributed by atoms with Gasteiger partial charge in [-0.1, -0.05) is 17.7 Å². The van der Waals surface area contributed by atoms with Gasteiger partial charge in [-0.25, -0.2) is 9.22 Å². The van der Waals surface area contributed by atoms with Crippen molar-refractivity contribution in [2.45, 2.75) is 52.1 Å². The lowest BCUT2D eigenvalue weighted by molar-refractivity contribution is 0.0519. The van der Waals surface area contributed by atoms with Crippen LogP contribution in [-0.4, -0.2) is 33.2 Å².